The highest BCUT2D eigenvalue weighted by atomic mass is 35.5. The molecule has 0 fully saturated rings. The Morgan fingerprint density at radius 1 is 1.28 bits per heavy atom. The van der Waals surface area contributed by atoms with Gasteiger partial charge in [0.25, 0.3) is 0 Å². The van der Waals surface area contributed by atoms with E-state index in [4.69, 9.17) is 11.6 Å². The number of thiazole rings is 1. The molecule has 7 heteroatoms. The predicted octanol–water partition coefficient (Wildman–Crippen LogP) is 4.30. The van der Waals surface area contributed by atoms with Gasteiger partial charge < -0.3 is 0 Å². The molecule has 0 aliphatic rings. The zero-order valence-electron chi connectivity index (χ0n) is 12.9. The van der Waals surface area contributed by atoms with Crippen LogP contribution in [0.3, 0.4) is 0 Å². The number of amides is 1. The Bertz CT molecular complexity index is 909. The quantitative estimate of drug-likeness (QED) is 0.535. The summed E-state index contributed by atoms with van der Waals surface area (Å²) in [5.74, 6) is -0.645. The standard InChI is InChI=1S/C18H13ClFN3OS/c19-14-6-4-13(5-7-14)18-22-16(11-25-18)9-17(24)23-21-10-12-2-1-3-15(20)8-12/h1-8,10-11H,9H2,(H,23,24). The number of benzene rings is 2. The number of hydrazone groups is 1. The Labute approximate surface area is 153 Å². The zero-order valence-corrected chi connectivity index (χ0v) is 14.5. The number of nitrogens with one attached hydrogen (secondary N) is 1. The van der Waals surface area contributed by atoms with E-state index in [0.29, 0.717) is 16.3 Å². The van der Waals surface area contributed by atoms with Crippen molar-refractivity contribution < 1.29 is 9.18 Å². The van der Waals surface area contributed by atoms with Crippen LogP contribution in [-0.2, 0) is 11.2 Å². The van der Waals surface area contributed by atoms with Gasteiger partial charge >= 0.3 is 0 Å². The summed E-state index contributed by atoms with van der Waals surface area (Å²) in [6.45, 7) is 0. The fraction of sp³-hybridized carbons (Fsp3) is 0.0556. The van der Waals surface area contributed by atoms with Gasteiger partial charge in [-0.3, -0.25) is 4.79 Å². The van der Waals surface area contributed by atoms with Gasteiger partial charge in [-0.1, -0.05) is 35.9 Å². The van der Waals surface area contributed by atoms with Crippen molar-refractivity contribution in [2.75, 3.05) is 0 Å². The molecule has 0 aliphatic carbocycles. The van der Waals surface area contributed by atoms with Gasteiger partial charge in [-0.25, -0.2) is 14.8 Å². The molecule has 0 radical (unpaired) electrons. The summed E-state index contributed by atoms with van der Waals surface area (Å²) in [6, 6.07) is 13.3. The van der Waals surface area contributed by atoms with E-state index >= 15 is 0 Å². The van der Waals surface area contributed by atoms with Gasteiger partial charge in [-0.2, -0.15) is 5.10 Å². The molecular weight excluding hydrogens is 361 g/mol. The van der Waals surface area contributed by atoms with Crippen LogP contribution in [0.25, 0.3) is 10.6 Å². The molecule has 1 amide bonds. The highest BCUT2D eigenvalue weighted by molar-refractivity contribution is 7.13. The minimum Gasteiger partial charge on any atom is -0.273 e. The Hall–Kier alpha value is -2.57. The SMILES string of the molecule is O=C(Cc1csc(-c2ccc(Cl)cc2)n1)NN=Cc1cccc(F)c1. The Morgan fingerprint density at radius 2 is 2.08 bits per heavy atom. The lowest BCUT2D eigenvalue weighted by Crippen LogP contribution is -2.19. The van der Waals surface area contributed by atoms with Crippen LogP contribution < -0.4 is 5.43 Å². The van der Waals surface area contributed by atoms with E-state index in [1.54, 1.807) is 24.3 Å². The molecule has 25 heavy (non-hydrogen) atoms. The minimum absolute atomic E-state index is 0.116. The number of nitrogens with zero attached hydrogens (tertiary/aromatic N) is 2. The number of hydrogen-bond acceptors (Lipinski definition) is 4. The second-order valence-electron chi connectivity index (χ2n) is 5.18. The Balaban J connectivity index is 1.57. The van der Waals surface area contributed by atoms with E-state index in [9.17, 15) is 9.18 Å². The van der Waals surface area contributed by atoms with Crippen molar-refractivity contribution in [3.05, 3.63) is 76.0 Å². The lowest BCUT2D eigenvalue weighted by molar-refractivity contribution is -0.120. The molecule has 3 aromatic rings. The van der Waals surface area contributed by atoms with Gasteiger partial charge in [0.1, 0.15) is 10.8 Å². The number of hydrogen-bond donors (Lipinski definition) is 1. The third kappa shape index (κ3) is 4.95. The van der Waals surface area contributed by atoms with E-state index in [0.717, 1.165) is 10.6 Å². The maximum atomic E-state index is 13.0. The smallest absolute Gasteiger partial charge is 0.246 e. The molecule has 0 spiro atoms. The van der Waals surface area contributed by atoms with Crippen LogP contribution in [-0.4, -0.2) is 17.1 Å². The lowest BCUT2D eigenvalue weighted by atomic mass is 10.2. The first-order chi connectivity index (χ1) is 12.1. The molecular formula is C18H13ClFN3OS. The molecule has 0 bridgehead atoms. The van der Waals surface area contributed by atoms with Gasteiger partial charge in [-0.15, -0.1) is 11.3 Å². The first-order valence-electron chi connectivity index (χ1n) is 7.38. The fourth-order valence-corrected chi connectivity index (χ4v) is 3.03. The second-order valence-corrected chi connectivity index (χ2v) is 6.47. The van der Waals surface area contributed by atoms with E-state index < -0.39 is 0 Å². The Morgan fingerprint density at radius 3 is 2.84 bits per heavy atom. The van der Waals surface area contributed by atoms with Crippen molar-refractivity contribution in [1.29, 1.82) is 0 Å². The van der Waals surface area contributed by atoms with Gasteiger partial charge in [0.15, 0.2) is 0 Å². The average molecular weight is 374 g/mol. The van der Waals surface area contributed by atoms with Crippen LogP contribution >= 0.6 is 22.9 Å². The molecule has 0 atom stereocenters. The number of halogens is 2. The molecule has 0 saturated heterocycles. The molecule has 0 aliphatic heterocycles. The van der Waals surface area contributed by atoms with E-state index in [1.165, 1.54) is 29.7 Å². The van der Waals surface area contributed by atoms with Crippen LogP contribution in [0.15, 0.2) is 59.0 Å². The second kappa shape index (κ2) is 8.00. The maximum Gasteiger partial charge on any atom is 0.246 e. The van der Waals surface area contributed by atoms with Crippen molar-refractivity contribution in [2.24, 2.45) is 5.10 Å². The topological polar surface area (TPSA) is 54.4 Å². The molecule has 2 aromatic carbocycles. The summed E-state index contributed by atoms with van der Waals surface area (Å²) in [6.07, 6.45) is 1.51. The van der Waals surface area contributed by atoms with Crippen LogP contribution in [0.2, 0.25) is 5.02 Å². The summed E-state index contributed by atoms with van der Waals surface area (Å²) < 4.78 is 13.0. The molecule has 126 valence electrons. The normalized spacial score (nSPS) is 11.0. The van der Waals surface area contributed by atoms with Crippen molar-refractivity contribution in [2.45, 2.75) is 6.42 Å². The van der Waals surface area contributed by atoms with Crippen LogP contribution in [0.4, 0.5) is 4.39 Å². The zero-order chi connectivity index (χ0) is 17.6. The van der Waals surface area contributed by atoms with Crippen molar-refractivity contribution in [3.8, 4) is 10.6 Å². The average Bonchev–Trinajstić information content (AvgIpc) is 3.04. The summed E-state index contributed by atoms with van der Waals surface area (Å²) in [5.41, 5.74) is 4.59. The molecule has 1 heterocycles. The molecule has 3 rings (SSSR count). The summed E-state index contributed by atoms with van der Waals surface area (Å²) in [5, 5.41) is 7.14. The highest BCUT2D eigenvalue weighted by Crippen LogP contribution is 2.25. The van der Waals surface area contributed by atoms with Gasteiger partial charge in [-0.05, 0) is 29.8 Å². The Kier molecular flexibility index (Phi) is 5.53. The molecule has 4 nitrogen and oxygen atoms in total. The van der Waals surface area contributed by atoms with Crippen molar-refractivity contribution in [1.82, 2.24) is 10.4 Å². The van der Waals surface area contributed by atoms with E-state index in [-0.39, 0.29) is 18.1 Å². The number of carbonyl (C=O) groups excluding carboxylic acids is 1. The van der Waals surface area contributed by atoms with Crippen molar-refractivity contribution >= 4 is 35.1 Å². The van der Waals surface area contributed by atoms with Gasteiger partial charge in [0, 0.05) is 16.0 Å². The lowest BCUT2D eigenvalue weighted by Gasteiger charge is -1.98. The van der Waals surface area contributed by atoms with Crippen LogP contribution in [0.1, 0.15) is 11.3 Å². The monoisotopic (exact) mass is 373 g/mol. The largest absolute Gasteiger partial charge is 0.273 e. The molecule has 1 N–H and O–H groups in total. The van der Waals surface area contributed by atoms with E-state index in [1.807, 2.05) is 17.5 Å². The predicted molar refractivity (Wildman–Crippen MR) is 98.4 cm³/mol. The van der Waals surface area contributed by atoms with E-state index in [2.05, 4.69) is 15.5 Å². The highest BCUT2D eigenvalue weighted by Gasteiger charge is 2.08. The van der Waals surface area contributed by atoms with Crippen LogP contribution in [0.5, 0.6) is 0 Å². The van der Waals surface area contributed by atoms with Gasteiger partial charge in [0.2, 0.25) is 5.91 Å². The molecule has 0 unspecified atom stereocenters. The molecule has 1 aromatic heterocycles. The van der Waals surface area contributed by atoms with Crippen LogP contribution in [0, 0.1) is 5.82 Å². The summed E-state index contributed by atoms with van der Waals surface area (Å²) >= 11 is 7.33. The third-order valence-corrected chi connectivity index (χ3v) is 4.43. The van der Waals surface area contributed by atoms with Gasteiger partial charge in [0.05, 0.1) is 18.3 Å². The fourth-order valence-electron chi connectivity index (χ4n) is 2.08. The summed E-state index contributed by atoms with van der Waals surface area (Å²) in [4.78, 5) is 16.3. The first-order valence-corrected chi connectivity index (χ1v) is 8.64. The first kappa shape index (κ1) is 17.3. The number of carbonyl (C=O) groups is 1. The minimum atomic E-state index is -0.354. The van der Waals surface area contributed by atoms with Crippen molar-refractivity contribution in [3.63, 3.8) is 0 Å². The molecule has 0 saturated carbocycles. The summed E-state index contributed by atoms with van der Waals surface area (Å²) in [7, 11) is 0. The number of aromatic nitrogens is 1. The number of rotatable bonds is 5. The third-order valence-electron chi connectivity index (χ3n) is 3.24. The maximum absolute atomic E-state index is 13.0.